The van der Waals surface area contributed by atoms with E-state index in [0.717, 1.165) is 22.3 Å². The first-order valence-electron chi connectivity index (χ1n) is 10.5. The second-order valence-corrected chi connectivity index (χ2v) is 7.89. The van der Waals surface area contributed by atoms with E-state index in [1.54, 1.807) is 6.92 Å². The van der Waals surface area contributed by atoms with Gasteiger partial charge in [0.2, 0.25) is 5.91 Å². The summed E-state index contributed by atoms with van der Waals surface area (Å²) in [4.78, 5) is 39.4. The molecule has 1 atom stereocenters. The van der Waals surface area contributed by atoms with Crippen LogP contribution < -0.4 is 10.6 Å². The maximum atomic E-state index is 12.4. The quantitative estimate of drug-likeness (QED) is 0.505. The fourth-order valence-corrected chi connectivity index (χ4v) is 4.01. The van der Waals surface area contributed by atoms with Gasteiger partial charge in [0, 0.05) is 24.6 Å². The molecular weight excluding hydrogens is 422 g/mol. The number of pyridine rings is 1. The number of carbonyl (C=O) groups excluding carboxylic acids is 2. The number of fused-ring (bicyclic) bond motifs is 3. The lowest BCUT2D eigenvalue weighted by Crippen LogP contribution is -2.36. The van der Waals surface area contributed by atoms with Crippen molar-refractivity contribution in [2.45, 2.75) is 25.3 Å². The van der Waals surface area contributed by atoms with Crippen molar-refractivity contribution in [1.29, 1.82) is 0 Å². The highest BCUT2D eigenvalue weighted by Crippen LogP contribution is 2.44. The topological polar surface area (TPSA) is 118 Å². The average Bonchev–Trinajstić information content (AvgIpc) is 3.11. The van der Waals surface area contributed by atoms with Gasteiger partial charge in [-0.3, -0.25) is 9.78 Å². The summed E-state index contributed by atoms with van der Waals surface area (Å²) >= 11 is 0. The Labute approximate surface area is 190 Å². The van der Waals surface area contributed by atoms with Gasteiger partial charge in [-0.2, -0.15) is 0 Å². The molecule has 1 aliphatic rings. The summed E-state index contributed by atoms with van der Waals surface area (Å²) in [5.41, 5.74) is 4.78. The van der Waals surface area contributed by atoms with Crippen molar-refractivity contribution in [1.82, 2.24) is 10.3 Å². The van der Waals surface area contributed by atoms with E-state index in [4.69, 9.17) is 9.84 Å². The highest BCUT2D eigenvalue weighted by atomic mass is 16.5. The van der Waals surface area contributed by atoms with Crippen LogP contribution in [0.15, 0.2) is 67.0 Å². The predicted octanol–water partition coefficient (Wildman–Crippen LogP) is 4.04. The number of hydrogen-bond donors (Lipinski definition) is 3. The third kappa shape index (κ3) is 5.01. The number of benzene rings is 2. The summed E-state index contributed by atoms with van der Waals surface area (Å²) in [5.74, 6) is -1.56. The molecule has 33 heavy (non-hydrogen) atoms. The molecule has 0 aliphatic heterocycles. The van der Waals surface area contributed by atoms with Crippen molar-refractivity contribution in [3.05, 3.63) is 83.7 Å². The van der Waals surface area contributed by atoms with Gasteiger partial charge in [0.25, 0.3) is 0 Å². The molecule has 0 bridgehead atoms. The largest absolute Gasteiger partial charge is 0.478 e. The number of ether oxygens (including phenoxy) is 1. The summed E-state index contributed by atoms with van der Waals surface area (Å²) in [5, 5.41) is 14.3. The predicted molar refractivity (Wildman–Crippen MR) is 122 cm³/mol. The van der Waals surface area contributed by atoms with E-state index >= 15 is 0 Å². The van der Waals surface area contributed by atoms with E-state index in [1.165, 1.54) is 18.5 Å². The smallest absolute Gasteiger partial charge is 0.407 e. The number of nitrogens with zero attached hydrogens (tertiary/aromatic N) is 1. The number of aromatic nitrogens is 1. The molecule has 4 rings (SSSR count). The van der Waals surface area contributed by atoms with Crippen LogP contribution >= 0.6 is 0 Å². The zero-order valence-electron chi connectivity index (χ0n) is 17.9. The summed E-state index contributed by atoms with van der Waals surface area (Å²) in [6.07, 6.45) is 1.93. The first kappa shape index (κ1) is 22.0. The number of carboxylic acid groups (broad SMARTS) is 1. The lowest BCUT2D eigenvalue weighted by Gasteiger charge is -2.17. The molecule has 0 saturated heterocycles. The number of carbonyl (C=O) groups is 3. The Morgan fingerprint density at radius 2 is 1.67 bits per heavy atom. The molecule has 1 aromatic heterocycles. The molecule has 1 heterocycles. The number of rotatable bonds is 7. The Morgan fingerprint density at radius 1 is 1.03 bits per heavy atom. The van der Waals surface area contributed by atoms with E-state index in [9.17, 15) is 14.4 Å². The Hall–Kier alpha value is -4.20. The van der Waals surface area contributed by atoms with Crippen LogP contribution in [-0.2, 0) is 9.53 Å². The standard InChI is InChI=1S/C25H23N3O5/c1-15(10-23(29)28-17-11-16(24(30)31)12-26-13-17)27-25(32)33-14-22-20-8-4-2-6-18(20)19-7-3-5-9-21(19)22/h2-9,11-13,15,22H,10,14H2,1H3,(H,27,32)(H,28,29)(H,30,31)/t15-/m0/s1. The highest BCUT2D eigenvalue weighted by Gasteiger charge is 2.29. The molecule has 2 amide bonds. The number of amides is 2. The summed E-state index contributed by atoms with van der Waals surface area (Å²) in [6.45, 7) is 1.87. The number of alkyl carbamates (subject to hydrolysis) is 1. The van der Waals surface area contributed by atoms with Crippen molar-refractivity contribution in [2.75, 3.05) is 11.9 Å². The van der Waals surface area contributed by atoms with Crippen LogP contribution in [0.2, 0.25) is 0 Å². The Balaban J connectivity index is 1.30. The van der Waals surface area contributed by atoms with Gasteiger partial charge in [0.15, 0.2) is 0 Å². The van der Waals surface area contributed by atoms with Crippen LogP contribution in [0.1, 0.15) is 40.7 Å². The van der Waals surface area contributed by atoms with Crippen LogP contribution in [0.25, 0.3) is 11.1 Å². The maximum absolute atomic E-state index is 12.4. The van der Waals surface area contributed by atoms with E-state index in [1.807, 2.05) is 36.4 Å². The number of carboxylic acids is 1. The zero-order valence-corrected chi connectivity index (χ0v) is 17.9. The van der Waals surface area contributed by atoms with Crippen molar-refractivity contribution in [3.8, 4) is 11.1 Å². The van der Waals surface area contributed by atoms with E-state index in [-0.39, 0.29) is 36.1 Å². The second kappa shape index (κ2) is 9.52. The summed E-state index contributed by atoms with van der Waals surface area (Å²) < 4.78 is 5.50. The van der Waals surface area contributed by atoms with Gasteiger partial charge in [0.05, 0.1) is 17.4 Å². The number of anilines is 1. The molecule has 0 unspecified atom stereocenters. The van der Waals surface area contributed by atoms with Crippen LogP contribution in [0.4, 0.5) is 10.5 Å². The third-order valence-electron chi connectivity index (χ3n) is 5.47. The molecule has 8 nitrogen and oxygen atoms in total. The van der Waals surface area contributed by atoms with Gasteiger partial charge < -0.3 is 20.5 Å². The van der Waals surface area contributed by atoms with Gasteiger partial charge in [-0.05, 0) is 35.2 Å². The molecule has 0 radical (unpaired) electrons. The first-order chi connectivity index (χ1) is 15.9. The molecule has 8 heteroatoms. The molecule has 1 aliphatic carbocycles. The van der Waals surface area contributed by atoms with Crippen molar-refractivity contribution < 1.29 is 24.2 Å². The van der Waals surface area contributed by atoms with Gasteiger partial charge in [-0.15, -0.1) is 0 Å². The number of hydrogen-bond acceptors (Lipinski definition) is 5. The molecule has 0 spiro atoms. The fraction of sp³-hybridized carbons (Fsp3) is 0.200. The van der Waals surface area contributed by atoms with Crippen LogP contribution in [-0.4, -0.2) is 40.7 Å². The van der Waals surface area contributed by atoms with Crippen molar-refractivity contribution in [3.63, 3.8) is 0 Å². The number of nitrogens with one attached hydrogen (secondary N) is 2. The average molecular weight is 445 g/mol. The minimum Gasteiger partial charge on any atom is -0.478 e. The third-order valence-corrected chi connectivity index (χ3v) is 5.47. The Bertz CT molecular complexity index is 1160. The minimum atomic E-state index is -1.14. The molecule has 0 saturated carbocycles. The second-order valence-electron chi connectivity index (χ2n) is 7.89. The molecule has 2 aromatic carbocycles. The van der Waals surface area contributed by atoms with Gasteiger partial charge in [-0.1, -0.05) is 48.5 Å². The SMILES string of the molecule is C[C@@H](CC(=O)Nc1cncc(C(=O)O)c1)NC(=O)OCC1c2ccccc2-c2ccccc21. The molecule has 3 N–H and O–H groups in total. The maximum Gasteiger partial charge on any atom is 0.407 e. The van der Waals surface area contributed by atoms with Gasteiger partial charge in [0.1, 0.15) is 6.61 Å². The highest BCUT2D eigenvalue weighted by molar-refractivity contribution is 5.93. The Kier molecular flexibility index (Phi) is 6.35. The van der Waals surface area contributed by atoms with E-state index in [0.29, 0.717) is 0 Å². The van der Waals surface area contributed by atoms with Crippen LogP contribution in [0.3, 0.4) is 0 Å². The van der Waals surface area contributed by atoms with Crippen LogP contribution in [0.5, 0.6) is 0 Å². The molecule has 3 aromatic rings. The van der Waals surface area contributed by atoms with E-state index < -0.39 is 18.1 Å². The summed E-state index contributed by atoms with van der Waals surface area (Å²) in [7, 11) is 0. The molecular formula is C25H23N3O5. The lowest BCUT2D eigenvalue weighted by molar-refractivity contribution is -0.116. The lowest BCUT2D eigenvalue weighted by atomic mass is 9.98. The minimum absolute atomic E-state index is 0.0124. The zero-order chi connectivity index (χ0) is 23.4. The van der Waals surface area contributed by atoms with Gasteiger partial charge >= 0.3 is 12.1 Å². The monoisotopic (exact) mass is 445 g/mol. The summed E-state index contributed by atoms with van der Waals surface area (Å²) in [6, 6.07) is 17.0. The number of aromatic carboxylic acids is 1. The van der Waals surface area contributed by atoms with Crippen LogP contribution in [0, 0.1) is 0 Å². The Morgan fingerprint density at radius 3 is 2.30 bits per heavy atom. The van der Waals surface area contributed by atoms with E-state index in [2.05, 4.69) is 27.8 Å². The van der Waals surface area contributed by atoms with Crippen molar-refractivity contribution in [2.24, 2.45) is 0 Å². The molecule has 168 valence electrons. The fourth-order valence-electron chi connectivity index (χ4n) is 4.01. The molecule has 0 fully saturated rings. The first-order valence-corrected chi connectivity index (χ1v) is 10.5. The van der Waals surface area contributed by atoms with Gasteiger partial charge in [-0.25, -0.2) is 9.59 Å². The normalized spacial score (nSPS) is 12.9. The van der Waals surface area contributed by atoms with Crippen molar-refractivity contribution >= 4 is 23.7 Å².